The van der Waals surface area contributed by atoms with Crippen LogP contribution < -0.4 is 10.5 Å². The molecular formula is C23H30N4O2S2. The number of pyridine rings is 1. The predicted molar refractivity (Wildman–Crippen MR) is 131 cm³/mol. The third kappa shape index (κ3) is 4.58. The van der Waals surface area contributed by atoms with Crippen molar-refractivity contribution in [1.82, 2.24) is 9.47 Å². The van der Waals surface area contributed by atoms with E-state index in [1.807, 2.05) is 6.08 Å². The first kappa shape index (κ1) is 23.6. The second-order valence-electron chi connectivity index (χ2n) is 9.25. The lowest BCUT2D eigenvalue weighted by Gasteiger charge is -2.38. The Morgan fingerprint density at radius 2 is 1.87 bits per heavy atom. The maximum Gasteiger partial charge on any atom is 0.270 e. The number of aromatic nitrogens is 1. The van der Waals surface area contributed by atoms with E-state index in [2.05, 4.69) is 38.7 Å². The fraction of sp³-hybridized carbons (Fsp3) is 0.565. The highest BCUT2D eigenvalue weighted by Gasteiger charge is 2.34. The summed E-state index contributed by atoms with van der Waals surface area (Å²) in [5.74, 6) is 1.95. The average molecular weight is 459 g/mol. The van der Waals surface area contributed by atoms with Crippen molar-refractivity contribution in [3.8, 4) is 6.07 Å². The number of hydrogen-bond acceptors (Lipinski definition) is 6. The number of thioether (sulfide) groups is 1. The van der Waals surface area contributed by atoms with Crippen molar-refractivity contribution < 1.29 is 4.79 Å². The van der Waals surface area contributed by atoms with Crippen LogP contribution in [0.15, 0.2) is 9.70 Å². The molecule has 0 spiro atoms. The van der Waals surface area contributed by atoms with Crippen molar-refractivity contribution in [3.05, 3.63) is 31.9 Å². The largest absolute Gasteiger partial charge is 0.357 e. The summed E-state index contributed by atoms with van der Waals surface area (Å²) in [5.41, 5.74) is 1.18. The minimum absolute atomic E-state index is 0.109. The molecule has 31 heavy (non-hydrogen) atoms. The minimum atomic E-state index is -0.301. The van der Waals surface area contributed by atoms with Gasteiger partial charge in [-0.1, -0.05) is 51.7 Å². The number of nitrogens with zero attached hydrogens (tertiary/aromatic N) is 4. The number of rotatable bonds is 4. The second kappa shape index (κ2) is 9.17. The lowest BCUT2D eigenvalue weighted by molar-refractivity contribution is -0.122. The van der Waals surface area contributed by atoms with Crippen molar-refractivity contribution in [1.29, 1.82) is 5.26 Å². The molecule has 1 amide bonds. The summed E-state index contributed by atoms with van der Waals surface area (Å²) in [6, 6.07) is 2.06. The van der Waals surface area contributed by atoms with Crippen molar-refractivity contribution >= 4 is 46.1 Å². The molecule has 8 heteroatoms. The summed E-state index contributed by atoms with van der Waals surface area (Å²) in [7, 11) is 1.71. The molecule has 1 aromatic rings. The molecule has 1 aromatic heterocycles. The summed E-state index contributed by atoms with van der Waals surface area (Å²) < 4.78 is 2.12. The van der Waals surface area contributed by atoms with Crippen LogP contribution in [0.5, 0.6) is 0 Å². The Morgan fingerprint density at radius 1 is 1.26 bits per heavy atom. The van der Waals surface area contributed by atoms with E-state index >= 15 is 0 Å². The van der Waals surface area contributed by atoms with Gasteiger partial charge in [0.2, 0.25) is 0 Å². The molecule has 2 aliphatic rings. The Kier molecular flexibility index (Phi) is 6.97. The molecule has 0 N–H and O–H groups in total. The van der Waals surface area contributed by atoms with Gasteiger partial charge in [0.25, 0.3) is 11.5 Å². The molecule has 2 saturated heterocycles. The molecule has 2 unspecified atom stereocenters. The Bertz CT molecular complexity index is 1040. The van der Waals surface area contributed by atoms with E-state index in [1.54, 1.807) is 23.4 Å². The van der Waals surface area contributed by atoms with Crippen molar-refractivity contribution in [2.45, 2.75) is 41.0 Å². The Hall–Kier alpha value is -2.11. The molecule has 0 bridgehead atoms. The van der Waals surface area contributed by atoms with Crippen LogP contribution in [0.4, 0.5) is 5.82 Å². The van der Waals surface area contributed by atoms with Crippen LogP contribution in [-0.4, -0.2) is 39.3 Å². The van der Waals surface area contributed by atoms with E-state index in [4.69, 9.17) is 12.2 Å². The Labute approximate surface area is 193 Å². The number of piperidine rings is 1. The molecule has 166 valence electrons. The van der Waals surface area contributed by atoms with Crippen molar-refractivity contribution in [3.63, 3.8) is 0 Å². The zero-order chi connectivity index (χ0) is 23.0. The van der Waals surface area contributed by atoms with Gasteiger partial charge in [0, 0.05) is 32.2 Å². The molecule has 0 aromatic carbocycles. The van der Waals surface area contributed by atoms with Crippen molar-refractivity contribution in [2.75, 3.05) is 24.5 Å². The lowest BCUT2D eigenvalue weighted by atomic mass is 9.91. The Balaban J connectivity index is 2.18. The zero-order valence-corrected chi connectivity index (χ0v) is 20.7. The zero-order valence-electron chi connectivity index (χ0n) is 19.1. The first-order valence-electron chi connectivity index (χ1n) is 10.7. The molecule has 0 radical (unpaired) electrons. The number of nitriles is 1. The maximum atomic E-state index is 13.1. The molecule has 0 saturated carbocycles. The molecule has 3 rings (SSSR count). The summed E-state index contributed by atoms with van der Waals surface area (Å²) in [5, 5.41) is 9.63. The van der Waals surface area contributed by atoms with E-state index in [-0.39, 0.29) is 17.0 Å². The molecule has 3 heterocycles. The molecule has 2 fully saturated rings. The number of amides is 1. The standard InChI is InChI=1S/C23H30N4O2S2/c1-13(2)10-27-22(29)19(31-23(27)30)8-17-16(5)18(9-24)21(28)25(6)20(17)26-11-14(3)7-15(4)12-26/h8,13-15H,7,10-12H2,1-6H3/b19-8-. The predicted octanol–water partition coefficient (Wildman–Crippen LogP) is 3.90. The third-order valence-electron chi connectivity index (χ3n) is 5.83. The van der Waals surface area contributed by atoms with Gasteiger partial charge in [0.1, 0.15) is 21.8 Å². The van der Waals surface area contributed by atoms with Crippen LogP contribution in [0.3, 0.4) is 0 Å². The lowest BCUT2D eigenvalue weighted by Crippen LogP contribution is -2.42. The monoisotopic (exact) mass is 458 g/mol. The molecule has 2 aliphatic heterocycles. The van der Waals surface area contributed by atoms with Gasteiger partial charge in [-0.3, -0.25) is 19.1 Å². The number of carbonyl (C=O) groups is 1. The van der Waals surface area contributed by atoms with Gasteiger partial charge in [-0.2, -0.15) is 5.26 Å². The highest BCUT2D eigenvalue weighted by Crippen LogP contribution is 2.37. The summed E-state index contributed by atoms with van der Waals surface area (Å²) >= 11 is 6.74. The highest BCUT2D eigenvalue weighted by atomic mass is 32.2. The fourth-order valence-electron chi connectivity index (χ4n) is 4.58. The van der Waals surface area contributed by atoms with E-state index in [1.165, 1.54) is 11.8 Å². The van der Waals surface area contributed by atoms with E-state index in [0.717, 1.165) is 30.9 Å². The van der Waals surface area contributed by atoms with Crippen molar-refractivity contribution in [2.24, 2.45) is 24.8 Å². The number of anilines is 1. The number of hydrogen-bond donors (Lipinski definition) is 0. The van der Waals surface area contributed by atoms with Crippen LogP contribution in [0.1, 0.15) is 50.8 Å². The smallest absolute Gasteiger partial charge is 0.270 e. The van der Waals surface area contributed by atoms with Gasteiger partial charge in [0.15, 0.2) is 0 Å². The van der Waals surface area contributed by atoms with Gasteiger partial charge in [-0.05, 0) is 42.7 Å². The van der Waals surface area contributed by atoms with Crippen LogP contribution >= 0.6 is 24.0 Å². The van der Waals surface area contributed by atoms with E-state index in [0.29, 0.717) is 39.1 Å². The highest BCUT2D eigenvalue weighted by molar-refractivity contribution is 8.26. The van der Waals surface area contributed by atoms with Crippen LogP contribution in [-0.2, 0) is 11.8 Å². The third-order valence-corrected chi connectivity index (χ3v) is 7.21. The second-order valence-corrected chi connectivity index (χ2v) is 10.9. The summed E-state index contributed by atoms with van der Waals surface area (Å²) in [6.07, 6.45) is 2.97. The van der Waals surface area contributed by atoms with E-state index < -0.39 is 0 Å². The average Bonchev–Trinajstić information content (AvgIpc) is 2.93. The van der Waals surface area contributed by atoms with Crippen LogP contribution in [0.2, 0.25) is 0 Å². The quantitative estimate of drug-likeness (QED) is 0.503. The van der Waals surface area contributed by atoms with Gasteiger partial charge in [-0.15, -0.1) is 0 Å². The molecule has 0 aliphatic carbocycles. The molecule has 6 nitrogen and oxygen atoms in total. The number of thiocarbonyl (C=S) groups is 1. The summed E-state index contributed by atoms with van der Waals surface area (Å²) in [4.78, 5) is 30.4. The Morgan fingerprint density at radius 3 is 2.42 bits per heavy atom. The van der Waals surface area contributed by atoms with Crippen LogP contribution in [0, 0.1) is 36.0 Å². The molecule has 2 atom stereocenters. The topological polar surface area (TPSA) is 69.3 Å². The first-order chi connectivity index (χ1) is 14.5. The normalized spacial score (nSPS) is 23.2. The number of carbonyl (C=O) groups excluding carboxylic acids is 1. The van der Waals surface area contributed by atoms with Gasteiger partial charge in [-0.25, -0.2) is 0 Å². The van der Waals surface area contributed by atoms with Gasteiger partial charge >= 0.3 is 0 Å². The summed E-state index contributed by atoms with van der Waals surface area (Å²) in [6.45, 7) is 12.6. The first-order valence-corrected chi connectivity index (χ1v) is 11.9. The van der Waals surface area contributed by atoms with Gasteiger partial charge < -0.3 is 4.90 Å². The maximum absolute atomic E-state index is 13.1. The van der Waals surface area contributed by atoms with Gasteiger partial charge in [0.05, 0.1) is 4.91 Å². The minimum Gasteiger partial charge on any atom is -0.357 e. The molecular weight excluding hydrogens is 428 g/mol. The van der Waals surface area contributed by atoms with E-state index in [9.17, 15) is 14.9 Å². The fourth-order valence-corrected chi connectivity index (χ4v) is 5.84. The SMILES string of the molecule is Cc1c(/C=C2\SC(=S)N(CC(C)C)C2=O)c(N2CC(C)CC(C)C2)n(C)c(=O)c1C#N. The van der Waals surface area contributed by atoms with Crippen LogP contribution in [0.25, 0.3) is 6.08 Å².